The summed E-state index contributed by atoms with van der Waals surface area (Å²) in [5, 5.41) is 6.60. The number of carbonyl (C=O) groups excluding carboxylic acids is 1. The summed E-state index contributed by atoms with van der Waals surface area (Å²) in [4.78, 5) is 14.1. The average molecular weight is 303 g/mol. The van der Waals surface area contributed by atoms with Gasteiger partial charge in [0.25, 0.3) is 5.91 Å². The fourth-order valence-corrected chi connectivity index (χ4v) is 2.27. The number of hydrogen-bond acceptors (Lipinski definition) is 5. The lowest BCUT2D eigenvalue weighted by atomic mass is 10.0. The van der Waals surface area contributed by atoms with E-state index in [-0.39, 0.29) is 17.6 Å². The smallest absolute Gasteiger partial charge is 0.273 e. The molecule has 22 heavy (non-hydrogen) atoms. The predicted molar refractivity (Wildman–Crippen MR) is 83.0 cm³/mol. The number of nitrogens with one attached hydrogen (secondary N) is 1. The maximum Gasteiger partial charge on any atom is 0.273 e. The van der Waals surface area contributed by atoms with Crippen molar-refractivity contribution in [2.24, 2.45) is 0 Å². The predicted octanol–water partition coefficient (Wildman–Crippen LogP) is 2.02. The molecule has 1 aromatic carbocycles. The maximum absolute atomic E-state index is 12.1. The quantitative estimate of drug-likeness (QED) is 0.884. The van der Waals surface area contributed by atoms with Crippen molar-refractivity contribution in [3.05, 3.63) is 47.3 Å². The fourth-order valence-electron chi connectivity index (χ4n) is 2.27. The number of methoxy groups -OCH3 is 1. The van der Waals surface area contributed by atoms with E-state index in [0.717, 1.165) is 11.3 Å². The molecule has 6 nitrogen and oxygen atoms in total. The molecule has 1 amide bonds. The van der Waals surface area contributed by atoms with Crippen LogP contribution in [0.3, 0.4) is 0 Å². The zero-order valence-electron chi connectivity index (χ0n) is 13.3. The Balaban J connectivity index is 2.11. The lowest BCUT2D eigenvalue weighted by Gasteiger charge is -2.26. The van der Waals surface area contributed by atoms with Gasteiger partial charge in [0.05, 0.1) is 13.2 Å². The number of nitrogens with zero attached hydrogens (tertiary/aromatic N) is 2. The first kappa shape index (κ1) is 16.0. The van der Waals surface area contributed by atoms with Gasteiger partial charge in [-0.05, 0) is 27.1 Å². The van der Waals surface area contributed by atoms with Crippen molar-refractivity contribution < 1.29 is 14.1 Å². The summed E-state index contributed by atoms with van der Waals surface area (Å²) in [7, 11) is 5.56. The Bertz CT molecular complexity index is 637. The summed E-state index contributed by atoms with van der Waals surface area (Å²) in [6.45, 7) is 2.19. The third-order valence-electron chi connectivity index (χ3n) is 3.44. The molecular formula is C16H21N3O3. The highest BCUT2D eigenvalue weighted by molar-refractivity contribution is 5.92. The van der Waals surface area contributed by atoms with Gasteiger partial charge in [0.1, 0.15) is 11.5 Å². The van der Waals surface area contributed by atoms with Crippen molar-refractivity contribution in [2.45, 2.75) is 13.0 Å². The summed E-state index contributed by atoms with van der Waals surface area (Å²) in [6.07, 6.45) is 0. The minimum Gasteiger partial charge on any atom is -0.496 e. The third kappa shape index (κ3) is 3.65. The second-order valence-electron chi connectivity index (χ2n) is 5.25. The molecule has 118 valence electrons. The number of benzene rings is 1. The number of ether oxygens (including phenoxy) is 1. The molecule has 2 rings (SSSR count). The normalized spacial score (nSPS) is 12.2. The van der Waals surface area contributed by atoms with Crippen molar-refractivity contribution >= 4 is 5.91 Å². The van der Waals surface area contributed by atoms with Crippen molar-refractivity contribution in [1.82, 2.24) is 15.4 Å². The lowest BCUT2D eigenvalue weighted by Crippen LogP contribution is -2.34. The second-order valence-corrected chi connectivity index (χ2v) is 5.25. The van der Waals surface area contributed by atoms with E-state index in [1.165, 1.54) is 0 Å². The zero-order valence-corrected chi connectivity index (χ0v) is 13.3. The largest absolute Gasteiger partial charge is 0.496 e. The molecule has 0 unspecified atom stereocenters. The lowest BCUT2D eigenvalue weighted by molar-refractivity contribution is 0.0932. The minimum absolute atomic E-state index is 0.00639. The van der Waals surface area contributed by atoms with Gasteiger partial charge in [-0.25, -0.2) is 0 Å². The van der Waals surface area contributed by atoms with Crippen molar-refractivity contribution in [2.75, 3.05) is 27.7 Å². The molecule has 2 aromatic rings. The fraction of sp³-hybridized carbons (Fsp3) is 0.375. The van der Waals surface area contributed by atoms with Gasteiger partial charge in [0.2, 0.25) is 0 Å². The van der Waals surface area contributed by atoms with E-state index >= 15 is 0 Å². The van der Waals surface area contributed by atoms with Crippen LogP contribution in [0.5, 0.6) is 5.75 Å². The van der Waals surface area contributed by atoms with Crippen LogP contribution in [-0.4, -0.2) is 43.7 Å². The zero-order chi connectivity index (χ0) is 16.1. The number of hydrogen-bond donors (Lipinski definition) is 1. The Labute approximate surface area is 130 Å². The molecule has 0 spiro atoms. The van der Waals surface area contributed by atoms with E-state index in [2.05, 4.69) is 10.5 Å². The van der Waals surface area contributed by atoms with E-state index < -0.39 is 0 Å². The molecule has 0 aliphatic rings. The van der Waals surface area contributed by atoms with Crippen molar-refractivity contribution in [3.8, 4) is 5.75 Å². The summed E-state index contributed by atoms with van der Waals surface area (Å²) >= 11 is 0. The van der Waals surface area contributed by atoms with Gasteiger partial charge in [0, 0.05) is 18.2 Å². The molecule has 0 aliphatic heterocycles. The Morgan fingerprint density at radius 2 is 2.14 bits per heavy atom. The minimum atomic E-state index is -0.251. The second kappa shape index (κ2) is 7.09. The molecule has 1 N–H and O–H groups in total. The van der Waals surface area contributed by atoms with E-state index in [9.17, 15) is 4.79 Å². The first-order chi connectivity index (χ1) is 10.5. The van der Waals surface area contributed by atoms with Crippen LogP contribution in [0.4, 0.5) is 0 Å². The van der Waals surface area contributed by atoms with Crippen LogP contribution in [0.2, 0.25) is 0 Å². The van der Waals surface area contributed by atoms with Crippen molar-refractivity contribution in [1.29, 1.82) is 0 Å². The Kier molecular flexibility index (Phi) is 5.16. The van der Waals surface area contributed by atoms with E-state index in [4.69, 9.17) is 9.26 Å². The third-order valence-corrected chi connectivity index (χ3v) is 3.44. The molecule has 1 heterocycles. The number of rotatable bonds is 6. The molecule has 6 heteroatoms. The molecular weight excluding hydrogens is 282 g/mol. The summed E-state index contributed by atoms with van der Waals surface area (Å²) < 4.78 is 10.3. The van der Waals surface area contributed by atoms with Crippen LogP contribution in [0.15, 0.2) is 34.9 Å². The van der Waals surface area contributed by atoms with Gasteiger partial charge in [-0.2, -0.15) is 0 Å². The molecule has 0 aliphatic carbocycles. The number of amides is 1. The number of likely N-dealkylation sites (N-methyl/N-ethyl adjacent to an activating group) is 1. The van der Waals surface area contributed by atoms with E-state index in [0.29, 0.717) is 12.3 Å². The highest BCUT2D eigenvalue weighted by Gasteiger charge is 2.20. The first-order valence-corrected chi connectivity index (χ1v) is 7.03. The monoisotopic (exact) mass is 303 g/mol. The van der Waals surface area contributed by atoms with E-state index in [1.54, 1.807) is 20.1 Å². The average Bonchev–Trinajstić information content (AvgIpc) is 2.94. The highest BCUT2D eigenvalue weighted by Crippen LogP contribution is 2.27. The number of para-hydroxylation sites is 1. The topological polar surface area (TPSA) is 67.6 Å². The standard InChI is InChI=1S/C16H21N3O3/c1-11-9-13(18-22-11)16(20)17-10-14(19(2)3)12-7-5-6-8-15(12)21-4/h5-9,14H,10H2,1-4H3,(H,17,20)/t14-/m0/s1. The number of carbonyl (C=O) groups is 1. The van der Waals surface area contributed by atoms with Crippen LogP contribution in [0.1, 0.15) is 27.9 Å². The van der Waals surface area contributed by atoms with Crippen LogP contribution >= 0.6 is 0 Å². The van der Waals surface area contributed by atoms with Gasteiger partial charge in [0.15, 0.2) is 5.69 Å². The van der Waals surface area contributed by atoms with Crippen LogP contribution in [0.25, 0.3) is 0 Å². The van der Waals surface area contributed by atoms with Gasteiger partial charge < -0.3 is 19.5 Å². The van der Waals surface area contributed by atoms with Gasteiger partial charge in [-0.1, -0.05) is 23.4 Å². The Morgan fingerprint density at radius 1 is 1.41 bits per heavy atom. The number of aryl methyl sites for hydroxylation is 1. The first-order valence-electron chi connectivity index (χ1n) is 7.03. The van der Waals surface area contributed by atoms with Crippen LogP contribution in [0, 0.1) is 6.92 Å². The Hall–Kier alpha value is -2.34. The SMILES string of the molecule is COc1ccccc1[C@H](CNC(=O)c1cc(C)on1)N(C)C. The molecule has 1 atom stereocenters. The number of aromatic nitrogens is 1. The highest BCUT2D eigenvalue weighted by atomic mass is 16.5. The van der Waals surface area contributed by atoms with Crippen LogP contribution in [-0.2, 0) is 0 Å². The maximum atomic E-state index is 12.1. The molecule has 0 bridgehead atoms. The Morgan fingerprint density at radius 3 is 2.73 bits per heavy atom. The molecule has 0 radical (unpaired) electrons. The van der Waals surface area contributed by atoms with Gasteiger partial charge in [-0.3, -0.25) is 4.79 Å². The molecule has 0 saturated carbocycles. The molecule has 0 fully saturated rings. The van der Waals surface area contributed by atoms with E-state index in [1.807, 2.05) is 43.3 Å². The summed E-state index contributed by atoms with van der Waals surface area (Å²) in [5.74, 6) is 1.16. The van der Waals surface area contributed by atoms with Crippen LogP contribution < -0.4 is 10.1 Å². The van der Waals surface area contributed by atoms with Gasteiger partial charge in [-0.15, -0.1) is 0 Å². The molecule has 1 aromatic heterocycles. The summed E-state index contributed by atoms with van der Waals surface area (Å²) in [5.41, 5.74) is 1.31. The summed E-state index contributed by atoms with van der Waals surface area (Å²) in [6, 6.07) is 9.39. The van der Waals surface area contributed by atoms with Crippen molar-refractivity contribution in [3.63, 3.8) is 0 Å². The van der Waals surface area contributed by atoms with Gasteiger partial charge >= 0.3 is 0 Å². The molecule has 0 saturated heterocycles.